The predicted molar refractivity (Wildman–Crippen MR) is 102 cm³/mol. The summed E-state index contributed by atoms with van der Waals surface area (Å²) in [6.07, 6.45) is 0.287. The summed E-state index contributed by atoms with van der Waals surface area (Å²) in [4.78, 5) is 19.3. The van der Waals surface area contributed by atoms with Gasteiger partial charge in [0.05, 0.1) is 30.8 Å². The Balaban J connectivity index is 1.96. The minimum Gasteiger partial charge on any atom is -0.496 e. The molecule has 6 heteroatoms. The van der Waals surface area contributed by atoms with Gasteiger partial charge in [0.25, 0.3) is 0 Å². The molecule has 0 atom stereocenters. The quantitative estimate of drug-likeness (QED) is 0.692. The number of aromatic amines is 1. The van der Waals surface area contributed by atoms with Crippen LogP contribution in [0, 0.1) is 5.82 Å². The molecule has 0 radical (unpaired) electrons. The molecule has 142 valence electrons. The van der Waals surface area contributed by atoms with Crippen molar-refractivity contribution in [1.29, 1.82) is 0 Å². The number of nitrogens with zero attached hydrogens (tertiary/aromatic N) is 1. The molecule has 1 aromatic heterocycles. The second-order valence-electron chi connectivity index (χ2n) is 7.48. The fourth-order valence-electron chi connectivity index (χ4n) is 3.06. The van der Waals surface area contributed by atoms with E-state index in [4.69, 9.17) is 9.47 Å². The lowest BCUT2D eigenvalue weighted by atomic mass is 9.85. The van der Waals surface area contributed by atoms with Crippen LogP contribution in [0.3, 0.4) is 0 Å². The molecule has 5 nitrogen and oxygen atoms in total. The van der Waals surface area contributed by atoms with Gasteiger partial charge in [-0.1, -0.05) is 20.8 Å². The van der Waals surface area contributed by atoms with Gasteiger partial charge in [-0.15, -0.1) is 0 Å². The minimum absolute atomic E-state index is 0.228. The van der Waals surface area contributed by atoms with Crippen LogP contribution in [0.5, 0.6) is 5.75 Å². The number of halogens is 1. The monoisotopic (exact) mass is 370 g/mol. The molecule has 0 fully saturated rings. The molecule has 1 N–H and O–H groups in total. The van der Waals surface area contributed by atoms with Crippen LogP contribution in [-0.2, 0) is 16.6 Å². The molecule has 0 spiro atoms. The molecule has 0 amide bonds. The number of ether oxygens (including phenoxy) is 2. The zero-order valence-corrected chi connectivity index (χ0v) is 16.1. The summed E-state index contributed by atoms with van der Waals surface area (Å²) in [7, 11) is 2.92. The third-order valence-corrected chi connectivity index (χ3v) is 4.49. The van der Waals surface area contributed by atoms with E-state index in [1.807, 2.05) is 20.8 Å². The Morgan fingerprint density at radius 2 is 1.93 bits per heavy atom. The molecule has 0 aliphatic carbocycles. The first kappa shape index (κ1) is 18.9. The number of imidazole rings is 1. The summed E-state index contributed by atoms with van der Waals surface area (Å²) < 4.78 is 24.9. The molecule has 0 unspecified atom stereocenters. The highest BCUT2D eigenvalue weighted by Gasteiger charge is 2.22. The first-order chi connectivity index (χ1) is 12.7. The van der Waals surface area contributed by atoms with Crippen LogP contribution in [0.4, 0.5) is 4.39 Å². The van der Waals surface area contributed by atoms with E-state index in [0.29, 0.717) is 33.7 Å². The maximum absolute atomic E-state index is 14.7. The molecule has 3 rings (SSSR count). The van der Waals surface area contributed by atoms with Crippen LogP contribution >= 0.6 is 0 Å². The Morgan fingerprint density at radius 1 is 1.19 bits per heavy atom. The number of hydrogen-bond donors (Lipinski definition) is 1. The van der Waals surface area contributed by atoms with Crippen molar-refractivity contribution in [2.75, 3.05) is 14.2 Å². The minimum atomic E-state index is -0.415. The van der Waals surface area contributed by atoms with Crippen molar-refractivity contribution < 1.29 is 18.7 Å². The SMILES string of the molecule is COC(=O)c1ccc2nc(Cc3cc(OC)c(C(C)(C)C)cc3F)[nH]c2c1. The van der Waals surface area contributed by atoms with Gasteiger partial charge in [0.2, 0.25) is 0 Å². The fourth-order valence-corrected chi connectivity index (χ4v) is 3.06. The predicted octanol–water partition coefficient (Wildman–Crippen LogP) is 4.39. The van der Waals surface area contributed by atoms with Crippen LogP contribution in [0.25, 0.3) is 11.0 Å². The number of fused-ring (bicyclic) bond motifs is 1. The lowest BCUT2D eigenvalue weighted by Gasteiger charge is -2.23. The number of H-pyrrole nitrogens is 1. The molecular formula is C21H23FN2O3. The van der Waals surface area contributed by atoms with Crippen LogP contribution in [0.2, 0.25) is 0 Å². The van der Waals surface area contributed by atoms with Crippen molar-refractivity contribution in [2.24, 2.45) is 0 Å². The first-order valence-electron chi connectivity index (χ1n) is 8.66. The second kappa shape index (κ2) is 7.02. The van der Waals surface area contributed by atoms with E-state index in [1.165, 1.54) is 13.2 Å². The number of hydrogen-bond acceptors (Lipinski definition) is 4. The summed E-state index contributed by atoms with van der Waals surface area (Å²) in [6, 6.07) is 8.33. The number of rotatable bonds is 4. The van der Waals surface area contributed by atoms with Gasteiger partial charge in [-0.05, 0) is 41.3 Å². The number of esters is 1. The molecular weight excluding hydrogens is 347 g/mol. The Labute approximate surface area is 157 Å². The van der Waals surface area contributed by atoms with Crippen molar-refractivity contribution in [3.05, 3.63) is 58.7 Å². The number of aromatic nitrogens is 2. The smallest absolute Gasteiger partial charge is 0.337 e. The Hall–Kier alpha value is -2.89. The van der Waals surface area contributed by atoms with E-state index >= 15 is 0 Å². The van der Waals surface area contributed by atoms with Gasteiger partial charge in [-0.25, -0.2) is 14.2 Å². The second-order valence-corrected chi connectivity index (χ2v) is 7.48. The van der Waals surface area contributed by atoms with Crippen LogP contribution < -0.4 is 4.74 Å². The van der Waals surface area contributed by atoms with Gasteiger partial charge in [-0.3, -0.25) is 0 Å². The number of carbonyl (C=O) groups is 1. The van der Waals surface area contributed by atoms with Gasteiger partial charge in [0.15, 0.2) is 0 Å². The number of carbonyl (C=O) groups excluding carboxylic acids is 1. The fraction of sp³-hybridized carbons (Fsp3) is 0.333. The van der Waals surface area contributed by atoms with Gasteiger partial charge >= 0.3 is 5.97 Å². The Kier molecular flexibility index (Phi) is 4.91. The average molecular weight is 370 g/mol. The molecule has 3 aromatic rings. The third kappa shape index (κ3) is 3.79. The van der Waals surface area contributed by atoms with Gasteiger partial charge in [0, 0.05) is 12.0 Å². The highest BCUT2D eigenvalue weighted by molar-refractivity contribution is 5.93. The largest absolute Gasteiger partial charge is 0.496 e. The summed E-state index contributed by atoms with van der Waals surface area (Å²) in [5.74, 6) is 0.553. The number of benzene rings is 2. The van der Waals surface area contributed by atoms with E-state index < -0.39 is 5.97 Å². The van der Waals surface area contributed by atoms with E-state index in [0.717, 1.165) is 5.56 Å². The van der Waals surface area contributed by atoms with Crippen molar-refractivity contribution in [3.8, 4) is 5.75 Å². The van der Waals surface area contributed by atoms with E-state index in [9.17, 15) is 9.18 Å². The van der Waals surface area contributed by atoms with Crippen molar-refractivity contribution >= 4 is 17.0 Å². The lowest BCUT2D eigenvalue weighted by Crippen LogP contribution is -2.14. The molecule has 2 aromatic carbocycles. The molecule has 0 aliphatic rings. The van der Waals surface area contributed by atoms with Crippen molar-refractivity contribution in [1.82, 2.24) is 9.97 Å². The average Bonchev–Trinajstić information content (AvgIpc) is 3.02. The van der Waals surface area contributed by atoms with Gasteiger partial charge in [-0.2, -0.15) is 0 Å². The van der Waals surface area contributed by atoms with Gasteiger partial charge < -0.3 is 14.5 Å². The third-order valence-electron chi connectivity index (χ3n) is 4.49. The summed E-state index contributed by atoms with van der Waals surface area (Å²) in [6.45, 7) is 6.05. The number of methoxy groups -OCH3 is 2. The molecule has 0 bridgehead atoms. The van der Waals surface area contributed by atoms with E-state index in [1.54, 1.807) is 31.4 Å². The highest BCUT2D eigenvalue weighted by atomic mass is 19.1. The van der Waals surface area contributed by atoms with Gasteiger partial charge in [0.1, 0.15) is 17.4 Å². The lowest BCUT2D eigenvalue weighted by molar-refractivity contribution is 0.0601. The zero-order chi connectivity index (χ0) is 19.8. The highest BCUT2D eigenvalue weighted by Crippen LogP contribution is 2.34. The normalized spacial score (nSPS) is 11.6. The van der Waals surface area contributed by atoms with E-state index in [-0.39, 0.29) is 17.7 Å². The molecule has 0 aliphatic heterocycles. The summed E-state index contributed by atoms with van der Waals surface area (Å²) in [5.41, 5.74) is 2.92. The Bertz CT molecular complexity index is 1000. The first-order valence-corrected chi connectivity index (χ1v) is 8.66. The van der Waals surface area contributed by atoms with Crippen molar-refractivity contribution in [2.45, 2.75) is 32.6 Å². The van der Waals surface area contributed by atoms with Crippen LogP contribution in [-0.4, -0.2) is 30.2 Å². The van der Waals surface area contributed by atoms with Crippen LogP contribution in [0.15, 0.2) is 30.3 Å². The number of nitrogens with one attached hydrogen (secondary N) is 1. The summed E-state index contributed by atoms with van der Waals surface area (Å²) >= 11 is 0. The summed E-state index contributed by atoms with van der Waals surface area (Å²) in [5, 5.41) is 0. The van der Waals surface area contributed by atoms with Crippen LogP contribution in [0.1, 0.15) is 48.1 Å². The zero-order valence-electron chi connectivity index (χ0n) is 16.1. The van der Waals surface area contributed by atoms with Crippen molar-refractivity contribution in [3.63, 3.8) is 0 Å². The standard InChI is InChI=1S/C21H23FN2O3/c1-21(2,3)14-11-15(22)13(9-18(14)26-4)10-19-23-16-7-6-12(20(25)27-5)8-17(16)24-19/h6-9,11H,10H2,1-5H3,(H,23,24). The maximum atomic E-state index is 14.7. The maximum Gasteiger partial charge on any atom is 0.337 e. The molecule has 0 saturated heterocycles. The molecule has 1 heterocycles. The molecule has 27 heavy (non-hydrogen) atoms. The topological polar surface area (TPSA) is 64.2 Å². The molecule has 0 saturated carbocycles. The Morgan fingerprint density at radius 3 is 2.56 bits per heavy atom. The van der Waals surface area contributed by atoms with E-state index in [2.05, 4.69) is 9.97 Å².